The molecule has 34 heavy (non-hydrogen) atoms. The average Bonchev–Trinajstić information content (AvgIpc) is 3.45. The number of hydrogen-bond donors (Lipinski definition) is 2. The Morgan fingerprint density at radius 1 is 1.18 bits per heavy atom. The van der Waals surface area contributed by atoms with Gasteiger partial charge in [0.15, 0.2) is 11.5 Å². The SMILES string of the molecule is CC(C)(C)OC(=O)N1CCC2=C(C1=O)C(c1ccc3c(c1)OCO3)c1c(ccc3cn[nH]c13)N2. The molecule has 6 rings (SSSR count). The summed E-state index contributed by atoms with van der Waals surface area (Å²) in [6.45, 7) is 5.76. The van der Waals surface area contributed by atoms with Gasteiger partial charge in [0.1, 0.15) is 5.60 Å². The molecule has 174 valence electrons. The number of carbonyl (C=O) groups excluding carboxylic acids is 2. The summed E-state index contributed by atoms with van der Waals surface area (Å²) in [7, 11) is 0. The first-order chi connectivity index (χ1) is 16.3. The van der Waals surface area contributed by atoms with E-state index < -0.39 is 17.6 Å². The molecule has 4 heterocycles. The third-order valence-corrected chi connectivity index (χ3v) is 6.25. The number of anilines is 1. The first kappa shape index (κ1) is 20.6. The number of carbonyl (C=O) groups is 2. The van der Waals surface area contributed by atoms with E-state index in [1.807, 2.05) is 30.3 Å². The minimum atomic E-state index is -0.706. The molecule has 0 aliphatic carbocycles. The van der Waals surface area contributed by atoms with E-state index in [2.05, 4.69) is 15.5 Å². The fourth-order valence-electron chi connectivity index (χ4n) is 4.83. The van der Waals surface area contributed by atoms with Crippen molar-refractivity contribution in [1.29, 1.82) is 0 Å². The first-order valence-corrected chi connectivity index (χ1v) is 11.2. The first-order valence-electron chi connectivity index (χ1n) is 11.2. The number of benzene rings is 2. The molecule has 0 bridgehead atoms. The summed E-state index contributed by atoms with van der Waals surface area (Å²) in [5.74, 6) is 0.483. The molecule has 2 aromatic carbocycles. The van der Waals surface area contributed by atoms with Crippen LogP contribution in [0.2, 0.25) is 0 Å². The van der Waals surface area contributed by atoms with Gasteiger partial charge in [-0.3, -0.25) is 9.89 Å². The molecule has 0 fully saturated rings. The molecule has 3 aromatic rings. The molecule has 1 aromatic heterocycles. The molecule has 9 heteroatoms. The van der Waals surface area contributed by atoms with E-state index in [9.17, 15) is 9.59 Å². The van der Waals surface area contributed by atoms with Gasteiger partial charge in [-0.2, -0.15) is 5.10 Å². The minimum absolute atomic E-state index is 0.158. The average molecular weight is 460 g/mol. The lowest BCUT2D eigenvalue weighted by Gasteiger charge is -2.38. The highest BCUT2D eigenvalue weighted by atomic mass is 16.7. The Morgan fingerprint density at radius 2 is 2.00 bits per heavy atom. The maximum Gasteiger partial charge on any atom is 0.417 e. The second-order valence-electron chi connectivity index (χ2n) is 9.61. The highest BCUT2D eigenvalue weighted by molar-refractivity contribution is 6.07. The predicted octanol–water partition coefficient (Wildman–Crippen LogP) is 4.27. The van der Waals surface area contributed by atoms with Crippen molar-refractivity contribution in [2.24, 2.45) is 0 Å². The van der Waals surface area contributed by atoms with Gasteiger partial charge >= 0.3 is 6.09 Å². The van der Waals surface area contributed by atoms with Crippen molar-refractivity contribution in [3.05, 3.63) is 58.9 Å². The van der Waals surface area contributed by atoms with Gasteiger partial charge in [-0.05, 0) is 50.6 Å². The van der Waals surface area contributed by atoms with Crippen molar-refractivity contribution in [3.63, 3.8) is 0 Å². The number of ether oxygens (including phenoxy) is 3. The zero-order valence-corrected chi connectivity index (χ0v) is 19.1. The largest absolute Gasteiger partial charge is 0.454 e. The van der Waals surface area contributed by atoms with Gasteiger partial charge < -0.3 is 19.5 Å². The predicted molar refractivity (Wildman–Crippen MR) is 124 cm³/mol. The summed E-state index contributed by atoms with van der Waals surface area (Å²) >= 11 is 0. The van der Waals surface area contributed by atoms with Crippen molar-refractivity contribution in [2.45, 2.75) is 38.7 Å². The topological polar surface area (TPSA) is 106 Å². The standard InChI is InChI=1S/C25H24N4O5/c1-25(2,3)34-24(31)29-9-8-16-21(23(29)30)19(13-5-7-17-18(10-13)33-12-32-17)20-15(27-16)6-4-14-11-26-28-22(14)20/h4-7,10-11,19,27H,8-9,12H2,1-3H3,(H,26,28). The highest BCUT2D eigenvalue weighted by Crippen LogP contribution is 2.48. The van der Waals surface area contributed by atoms with Gasteiger partial charge in [0.2, 0.25) is 6.79 Å². The summed E-state index contributed by atoms with van der Waals surface area (Å²) in [6, 6.07) is 9.69. The highest BCUT2D eigenvalue weighted by Gasteiger charge is 2.42. The number of nitrogens with one attached hydrogen (secondary N) is 2. The lowest BCUT2D eigenvalue weighted by molar-refractivity contribution is -0.127. The fourth-order valence-corrected chi connectivity index (χ4v) is 4.83. The molecule has 3 aliphatic heterocycles. The quantitative estimate of drug-likeness (QED) is 0.559. The minimum Gasteiger partial charge on any atom is -0.454 e. The molecule has 0 radical (unpaired) electrons. The second-order valence-corrected chi connectivity index (χ2v) is 9.61. The molecule has 0 saturated carbocycles. The van der Waals surface area contributed by atoms with Crippen molar-refractivity contribution in [3.8, 4) is 11.5 Å². The Morgan fingerprint density at radius 3 is 2.82 bits per heavy atom. The Balaban J connectivity index is 1.51. The van der Waals surface area contributed by atoms with Crippen LogP contribution in [0.1, 0.15) is 44.2 Å². The van der Waals surface area contributed by atoms with E-state index in [4.69, 9.17) is 14.2 Å². The van der Waals surface area contributed by atoms with Crippen molar-refractivity contribution in [1.82, 2.24) is 15.1 Å². The summed E-state index contributed by atoms with van der Waals surface area (Å²) in [5.41, 5.74) is 4.11. The van der Waals surface area contributed by atoms with Crippen LogP contribution in [0, 0.1) is 0 Å². The second kappa shape index (κ2) is 7.24. The number of imide groups is 1. The zero-order chi connectivity index (χ0) is 23.6. The molecule has 9 nitrogen and oxygen atoms in total. The molecule has 0 saturated heterocycles. The van der Waals surface area contributed by atoms with Crippen LogP contribution in [0.25, 0.3) is 10.9 Å². The van der Waals surface area contributed by atoms with Crippen LogP contribution in [-0.2, 0) is 9.53 Å². The van der Waals surface area contributed by atoms with Gasteiger partial charge in [-0.1, -0.05) is 6.07 Å². The van der Waals surface area contributed by atoms with Crippen LogP contribution in [0.3, 0.4) is 0 Å². The summed E-state index contributed by atoms with van der Waals surface area (Å²) in [6.07, 6.45) is 1.62. The van der Waals surface area contributed by atoms with Crippen molar-refractivity contribution < 1.29 is 23.8 Å². The number of amides is 2. The molecule has 0 spiro atoms. The lowest BCUT2D eigenvalue weighted by Crippen LogP contribution is -2.47. The Kier molecular flexibility index (Phi) is 4.39. The molecule has 1 unspecified atom stereocenters. The Hall–Kier alpha value is -4.01. The van der Waals surface area contributed by atoms with Gasteiger partial charge in [-0.15, -0.1) is 0 Å². The van der Waals surface area contributed by atoms with Crippen LogP contribution in [0.15, 0.2) is 47.8 Å². The van der Waals surface area contributed by atoms with Crippen LogP contribution in [-0.4, -0.2) is 46.0 Å². The van der Waals surface area contributed by atoms with Crippen LogP contribution in [0.5, 0.6) is 11.5 Å². The van der Waals surface area contributed by atoms with E-state index in [-0.39, 0.29) is 19.2 Å². The maximum absolute atomic E-state index is 13.8. The van der Waals surface area contributed by atoms with Gasteiger partial charge in [-0.25, -0.2) is 9.69 Å². The fraction of sp³-hybridized carbons (Fsp3) is 0.320. The number of fused-ring (bicyclic) bond motifs is 4. The zero-order valence-electron chi connectivity index (χ0n) is 19.1. The number of rotatable bonds is 1. The number of aromatic nitrogens is 2. The third kappa shape index (κ3) is 3.19. The number of hydrogen-bond acceptors (Lipinski definition) is 7. The van der Waals surface area contributed by atoms with Gasteiger partial charge in [0, 0.05) is 46.8 Å². The number of aromatic amines is 1. The van der Waals surface area contributed by atoms with Gasteiger partial charge in [0.25, 0.3) is 5.91 Å². The summed E-state index contributed by atoms with van der Waals surface area (Å²) in [5, 5.41) is 11.7. The third-order valence-electron chi connectivity index (χ3n) is 6.25. The number of nitrogens with zero attached hydrogens (tertiary/aromatic N) is 2. The van der Waals surface area contributed by atoms with E-state index in [1.54, 1.807) is 27.0 Å². The molecular weight excluding hydrogens is 436 g/mol. The maximum atomic E-state index is 13.8. The lowest BCUT2D eigenvalue weighted by atomic mass is 9.77. The monoisotopic (exact) mass is 460 g/mol. The number of H-pyrrole nitrogens is 1. The van der Waals surface area contributed by atoms with Crippen LogP contribution in [0.4, 0.5) is 10.5 Å². The van der Waals surface area contributed by atoms with Crippen LogP contribution >= 0.6 is 0 Å². The molecule has 2 amide bonds. The summed E-state index contributed by atoms with van der Waals surface area (Å²) < 4.78 is 16.6. The smallest absolute Gasteiger partial charge is 0.417 e. The molecule has 3 aliphatic rings. The van der Waals surface area contributed by atoms with Crippen molar-refractivity contribution in [2.75, 3.05) is 18.7 Å². The molecule has 2 N–H and O–H groups in total. The van der Waals surface area contributed by atoms with Gasteiger partial charge in [0.05, 0.1) is 11.7 Å². The molecular formula is C25H24N4O5. The molecule has 1 atom stereocenters. The van der Waals surface area contributed by atoms with E-state index in [0.717, 1.165) is 33.4 Å². The van der Waals surface area contributed by atoms with E-state index in [0.29, 0.717) is 23.5 Å². The Bertz CT molecular complexity index is 1380. The Labute approximate surface area is 195 Å². The summed E-state index contributed by atoms with van der Waals surface area (Å²) in [4.78, 5) is 27.9. The van der Waals surface area contributed by atoms with Crippen LogP contribution < -0.4 is 14.8 Å². The normalized spacial score (nSPS) is 19.1. The van der Waals surface area contributed by atoms with E-state index >= 15 is 0 Å². The van der Waals surface area contributed by atoms with E-state index in [1.165, 1.54) is 4.90 Å². The van der Waals surface area contributed by atoms with Crippen molar-refractivity contribution >= 4 is 28.6 Å².